The standard InChI is InChI=1S/C25H29F2N3O2/c26-21-11-5-10-20(24(21)27)17-29-13-12-28-25(32)22(29)14-23(31)30(16-19-8-4-9-19)15-18-6-2-1-3-7-18/h1-3,5-7,10-11,19,22H,4,8-9,12-17H2,(H,28,32). The van der Waals surface area contributed by atoms with Crippen LogP contribution in [-0.2, 0) is 22.7 Å². The van der Waals surface area contributed by atoms with Crippen molar-refractivity contribution in [3.8, 4) is 0 Å². The molecule has 1 saturated carbocycles. The number of halogens is 2. The molecular weight excluding hydrogens is 412 g/mol. The number of hydrogen-bond acceptors (Lipinski definition) is 3. The molecule has 0 aromatic heterocycles. The summed E-state index contributed by atoms with van der Waals surface area (Å²) in [6.45, 7) is 2.15. The molecule has 1 heterocycles. The van der Waals surface area contributed by atoms with Gasteiger partial charge in [0.15, 0.2) is 11.6 Å². The highest BCUT2D eigenvalue weighted by atomic mass is 19.2. The predicted octanol–water partition coefficient (Wildman–Crippen LogP) is 3.48. The SMILES string of the molecule is O=C1NCCN(Cc2cccc(F)c2F)C1CC(=O)N(Cc1ccccc1)CC1CCC1. The third-order valence-electron chi connectivity index (χ3n) is 6.49. The van der Waals surface area contributed by atoms with E-state index in [1.807, 2.05) is 35.2 Å². The van der Waals surface area contributed by atoms with Crippen LogP contribution in [0.4, 0.5) is 8.78 Å². The zero-order valence-corrected chi connectivity index (χ0v) is 18.1. The second-order valence-corrected chi connectivity index (χ2v) is 8.75. The molecule has 1 aliphatic heterocycles. The van der Waals surface area contributed by atoms with E-state index in [9.17, 15) is 18.4 Å². The molecule has 1 atom stereocenters. The van der Waals surface area contributed by atoms with Crippen molar-refractivity contribution in [2.75, 3.05) is 19.6 Å². The largest absolute Gasteiger partial charge is 0.353 e. The predicted molar refractivity (Wildman–Crippen MR) is 117 cm³/mol. The fraction of sp³-hybridized carbons (Fsp3) is 0.440. The highest BCUT2D eigenvalue weighted by Crippen LogP contribution is 2.28. The van der Waals surface area contributed by atoms with E-state index in [1.54, 1.807) is 4.90 Å². The highest BCUT2D eigenvalue weighted by Gasteiger charge is 2.34. The lowest BCUT2D eigenvalue weighted by Gasteiger charge is -2.37. The third kappa shape index (κ3) is 5.33. The maximum absolute atomic E-state index is 14.2. The molecule has 2 amide bonds. The Bertz CT molecular complexity index is 949. The van der Waals surface area contributed by atoms with Gasteiger partial charge in [0.05, 0.1) is 12.5 Å². The third-order valence-corrected chi connectivity index (χ3v) is 6.49. The van der Waals surface area contributed by atoms with Crippen molar-refractivity contribution >= 4 is 11.8 Å². The zero-order valence-electron chi connectivity index (χ0n) is 18.1. The minimum absolute atomic E-state index is 0.0162. The second-order valence-electron chi connectivity index (χ2n) is 8.75. The van der Waals surface area contributed by atoms with Crippen molar-refractivity contribution < 1.29 is 18.4 Å². The number of nitrogens with zero attached hydrogens (tertiary/aromatic N) is 2. The molecule has 2 aliphatic rings. The van der Waals surface area contributed by atoms with Gasteiger partial charge in [0.25, 0.3) is 0 Å². The van der Waals surface area contributed by atoms with Gasteiger partial charge in [-0.3, -0.25) is 14.5 Å². The van der Waals surface area contributed by atoms with Crippen molar-refractivity contribution in [2.45, 2.75) is 44.8 Å². The fourth-order valence-corrected chi connectivity index (χ4v) is 4.40. The average molecular weight is 442 g/mol. The Hall–Kier alpha value is -2.80. The number of piperazine rings is 1. The summed E-state index contributed by atoms with van der Waals surface area (Å²) in [5.74, 6) is -1.65. The van der Waals surface area contributed by atoms with E-state index >= 15 is 0 Å². The summed E-state index contributed by atoms with van der Waals surface area (Å²) in [5, 5.41) is 2.81. The van der Waals surface area contributed by atoms with Crippen LogP contribution in [0.25, 0.3) is 0 Å². The van der Waals surface area contributed by atoms with Crippen molar-refractivity contribution in [1.82, 2.24) is 15.1 Å². The maximum atomic E-state index is 14.2. The van der Waals surface area contributed by atoms with E-state index in [-0.39, 0.29) is 30.3 Å². The van der Waals surface area contributed by atoms with Gasteiger partial charge >= 0.3 is 0 Å². The van der Waals surface area contributed by atoms with Gasteiger partial charge in [-0.25, -0.2) is 8.78 Å². The molecule has 1 aliphatic carbocycles. The molecule has 1 N–H and O–H groups in total. The Balaban J connectivity index is 1.48. The van der Waals surface area contributed by atoms with Crippen LogP contribution >= 0.6 is 0 Å². The summed E-state index contributed by atoms with van der Waals surface area (Å²) < 4.78 is 27.9. The Morgan fingerprint density at radius 2 is 1.88 bits per heavy atom. The first-order valence-corrected chi connectivity index (χ1v) is 11.3. The minimum atomic E-state index is -0.911. The molecule has 1 saturated heterocycles. The lowest BCUT2D eigenvalue weighted by Crippen LogP contribution is -2.56. The lowest BCUT2D eigenvalue weighted by atomic mass is 9.85. The fourth-order valence-electron chi connectivity index (χ4n) is 4.40. The summed E-state index contributed by atoms with van der Waals surface area (Å²) >= 11 is 0. The highest BCUT2D eigenvalue weighted by molar-refractivity contribution is 5.88. The van der Waals surface area contributed by atoms with E-state index < -0.39 is 17.7 Å². The molecule has 0 radical (unpaired) electrons. The number of hydrogen-bond donors (Lipinski definition) is 1. The molecule has 0 spiro atoms. The van der Waals surface area contributed by atoms with Crippen LogP contribution in [0, 0.1) is 17.6 Å². The molecule has 0 bridgehead atoms. The van der Waals surface area contributed by atoms with E-state index in [4.69, 9.17) is 0 Å². The molecule has 7 heteroatoms. The number of carbonyl (C=O) groups is 2. The van der Waals surface area contributed by atoms with Gasteiger partial charge < -0.3 is 10.2 Å². The lowest BCUT2D eigenvalue weighted by molar-refractivity contribution is -0.140. The van der Waals surface area contributed by atoms with Gasteiger partial charge in [-0.15, -0.1) is 0 Å². The first-order chi connectivity index (χ1) is 15.5. The minimum Gasteiger partial charge on any atom is -0.353 e. The van der Waals surface area contributed by atoms with Crippen LogP contribution in [0.5, 0.6) is 0 Å². The quantitative estimate of drug-likeness (QED) is 0.683. The molecule has 5 nitrogen and oxygen atoms in total. The van der Waals surface area contributed by atoms with Gasteiger partial charge in [-0.2, -0.15) is 0 Å². The monoisotopic (exact) mass is 441 g/mol. The van der Waals surface area contributed by atoms with Crippen LogP contribution in [0.1, 0.15) is 36.8 Å². The second kappa shape index (κ2) is 10.2. The van der Waals surface area contributed by atoms with E-state index in [0.29, 0.717) is 32.1 Å². The normalized spacial score (nSPS) is 19.3. The molecule has 2 aromatic carbocycles. The first-order valence-electron chi connectivity index (χ1n) is 11.3. The van der Waals surface area contributed by atoms with Crippen LogP contribution in [-0.4, -0.2) is 47.3 Å². The molecule has 170 valence electrons. The molecule has 2 fully saturated rings. The molecule has 4 rings (SSSR count). The maximum Gasteiger partial charge on any atom is 0.237 e. The van der Waals surface area contributed by atoms with Crippen molar-refractivity contribution in [3.63, 3.8) is 0 Å². The topological polar surface area (TPSA) is 52.7 Å². The van der Waals surface area contributed by atoms with Crippen molar-refractivity contribution in [3.05, 3.63) is 71.3 Å². The first kappa shape index (κ1) is 22.4. The number of carbonyl (C=O) groups excluding carboxylic acids is 2. The number of benzene rings is 2. The van der Waals surface area contributed by atoms with Crippen molar-refractivity contribution in [1.29, 1.82) is 0 Å². The summed E-state index contributed by atoms with van der Waals surface area (Å²) in [6.07, 6.45) is 3.44. The Morgan fingerprint density at radius 3 is 2.59 bits per heavy atom. The van der Waals surface area contributed by atoms with Gasteiger partial charge in [-0.1, -0.05) is 48.9 Å². The molecule has 32 heavy (non-hydrogen) atoms. The van der Waals surface area contributed by atoms with Gasteiger partial charge in [0.1, 0.15) is 0 Å². The molecule has 2 aromatic rings. The summed E-state index contributed by atoms with van der Waals surface area (Å²) in [7, 11) is 0. The zero-order chi connectivity index (χ0) is 22.5. The van der Waals surface area contributed by atoms with Crippen LogP contribution in [0.2, 0.25) is 0 Å². The summed E-state index contributed by atoms with van der Waals surface area (Å²) in [6, 6.07) is 13.2. The summed E-state index contributed by atoms with van der Waals surface area (Å²) in [5.41, 5.74) is 1.24. The molecule has 1 unspecified atom stereocenters. The summed E-state index contributed by atoms with van der Waals surface area (Å²) in [4.78, 5) is 29.6. The van der Waals surface area contributed by atoms with E-state index in [2.05, 4.69) is 5.32 Å². The number of nitrogens with one attached hydrogen (secondary N) is 1. The number of amides is 2. The Morgan fingerprint density at radius 1 is 1.09 bits per heavy atom. The van der Waals surface area contributed by atoms with Gasteiger partial charge in [0.2, 0.25) is 11.8 Å². The Kier molecular flexibility index (Phi) is 7.15. The Labute approximate surface area is 187 Å². The van der Waals surface area contributed by atoms with Crippen molar-refractivity contribution in [2.24, 2.45) is 5.92 Å². The van der Waals surface area contributed by atoms with Crippen LogP contribution in [0.15, 0.2) is 48.5 Å². The average Bonchev–Trinajstić information content (AvgIpc) is 2.76. The van der Waals surface area contributed by atoms with E-state index in [0.717, 1.165) is 24.5 Å². The van der Waals surface area contributed by atoms with Gasteiger partial charge in [-0.05, 0) is 30.4 Å². The smallest absolute Gasteiger partial charge is 0.237 e. The molecular formula is C25H29F2N3O2. The van der Waals surface area contributed by atoms with E-state index in [1.165, 1.54) is 18.6 Å². The van der Waals surface area contributed by atoms with Gasteiger partial charge in [0, 0.05) is 38.3 Å². The van der Waals surface area contributed by atoms with Crippen LogP contribution < -0.4 is 5.32 Å². The number of rotatable bonds is 8. The van der Waals surface area contributed by atoms with Crippen LogP contribution in [0.3, 0.4) is 0 Å².